The fourth-order valence-corrected chi connectivity index (χ4v) is 2.93. The van der Waals surface area contributed by atoms with Crippen LogP contribution < -0.4 is 5.32 Å². The number of halogens is 1. The number of aromatic nitrogens is 2. The Morgan fingerprint density at radius 3 is 2.48 bits per heavy atom. The Balaban J connectivity index is 1.74. The van der Waals surface area contributed by atoms with Gasteiger partial charge in [0.05, 0.1) is 12.4 Å². The monoisotopic (exact) mass is 353 g/mol. The van der Waals surface area contributed by atoms with E-state index >= 15 is 0 Å². The molecule has 3 rings (SSSR count). The molecule has 0 aliphatic heterocycles. The average Bonchev–Trinajstić information content (AvgIpc) is 3.16. The summed E-state index contributed by atoms with van der Waals surface area (Å²) in [5.41, 5.74) is 2.52. The summed E-state index contributed by atoms with van der Waals surface area (Å²) in [5.74, 6) is -0.136. The van der Waals surface area contributed by atoms with Crippen LogP contribution in [-0.2, 0) is 0 Å². The van der Waals surface area contributed by atoms with E-state index in [1.165, 1.54) is 5.56 Å². The number of nitrogens with zero attached hydrogens (tertiary/aromatic N) is 2. The zero-order valence-corrected chi connectivity index (χ0v) is 14.8. The lowest BCUT2D eigenvalue weighted by Crippen LogP contribution is -2.13. The van der Waals surface area contributed by atoms with Gasteiger partial charge in [-0.15, -0.1) is 0 Å². The van der Waals surface area contributed by atoms with Crippen LogP contribution in [-0.4, -0.2) is 15.5 Å². The summed E-state index contributed by atoms with van der Waals surface area (Å²) in [5, 5.41) is 3.52. The zero-order valence-electron chi connectivity index (χ0n) is 14.0. The van der Waals surface area contributed by atoms with Crippen molar-refractivity contribution in [2.75, 3.05) is 5.32 Å². The number of rotatable bonds is 6. The third kappa shape index (κ3) is 4.28. The van der Waals surface area contributed by atoms with Crippen LogP contribution in [0, 0.1) is 0 Å². The van der Waals surface area contributed by atoms with Gasteiger partial charge in [0.25, 0.3) is 5.91 Å². The van der Waals surface area contributed by atoms with Gasteiger partial charge in [-0.3, -0.25) is 4.79 Å². The second kappa shape index (κ2) is 7.99. The van der Waals surface area contributed by atoms with Crippen molar-refractivity contribution >= 4 is 23.2 Å². The number of imidazole rings is 1. The minimum atomic E-state index is -0.136. The molecular formula is C20H20ClN3O. The maximum absolute atomic E-state index is 12.4. The van der Waals surface area contributed by atoms with Crippen molar-refractivity contribution in [1.29, 1.82) is 0 Å². The lowest BCUT2D eigenvalue weighted by Gasteiger charge is -2.18. The third-order valence-corrected chi connectivity index (χ3v) is 4.36. The number of anilines is 1. The molecule has 1 N–H and O–H groups in total. The summed E-state index contributed by atoms with van der Waals surface area (Å²) in [7, 11) is 0. The van der Waals surface area contributed by atoms with E-state index in [0.717, 1.165) is 18.5 Å². The molecule has 1 aromatic heterocycles. The topological polar surface area (TPSA) is 46.9 Å². The number of amides is 1. The van der Waals surface area contributed by atoms with Crippen molar-refractivity contribution in [2.45, 2.75) is 25.8 Å². The first kappa shape index (κ1) is 17.2. The maximum Gasteiger partial charge on any atom is 0.255 e. The third-order valence-electron chi connectivity index (χ3n) is 4.11. The fourth-order valence-electron chi connectivity index (χ4n) is 2.81. The minimum absolute atomic E-state index is 0.136. The summed E-state index contributed by atoms with van der Waals surface area (Å²) < 4.78 is 2.10. The molecule has 0 radical (unpaired) electrons. The van der Waals surface area contributed by atoms with Gasteiger partial charge in [0.2, 0.25) is 0 Å². The lowest BCUT2D eigenvalue weighted by molar-refractivity contribution is 0.102. The Labute approximate surface area is 152 Å². The Kier molecular flexibility index (Phi) is 5.51. The SMILES string of the molecule is CCCC(c1ccc(C(=O)Nc2ccc(Cl)cc2)cc1)n1ccnc1. The van der Waals surface area contributed by atoms with E-state index in [4.69, 9.17) is 11.6 Å². The molecule has 1 unspecified atom stereocenters. The zero-order chi connectivity index (χ0) is 17.6. The van der Waals surface area contributed by atoms with Crippen molar-refractivity contribution < 1.29 is 4.79 Å². The normalized spacial score (nSPS) is 11.9. The molecule has 0 fully saturated rings. The summed E-state index contributed by atoms with van der Waals surface area (Å²) in [4.78, 5) is 16.5. The number of benzene rings is 2. The van der Waals surface area contributed by atoms with E-state index in [1.807, 2.05) is 36.8 Å². The van der Waals surface area contributed by atoms with Gasteiger partial charge in [0.1, 0.15) is 0 Å². The van der Waals surface area contributed by atoms with Crippen LogP contribution in [0.4, 0.5) is 5.69 Å². The number of hydrogen-bond acceptors (Lipinski definition) is 2. The van der Waals surface area contributed by atoms with E-state index < -0.39 is 0 Å². The molecule has 5 heteroatoms. The van der Waals surface area contributed by atoms with Crippen molar-refractivity contribution in [3.63, 3.8) is 0 Å². The van der Waals surface area contributed by atoms with Gasteiger partial charge in [-0.2, -0.15) is 0 Å². The fraction of sp³-hybridized carbons (Fsp3) is 0.200. The first-order chi connectivity index (χ1) is 12.2. The van der Waals surface area contributed by atoms with Gasteiger partial charge in [-0.05, 0) is 48.4 Å². The predicted octanol–water partition coefficient (Wildman–Crippen LogP) is 5.18. The van der Waals surface area contributed by atoms with Crippen LogP contribution in [0.2, 0.25) is 5.02 Å². The number of carbonyl (C=O) groups excluding carboxylic acids is 1. The lowest BCUT2D eigenvalue weighted by atomic mass is 10.0. The second-order valence-electron chi connectivity index (χ2n) is 5.90. The molecule has 1 heterocycles. The molecule has 3 aromatic rings. The molecule has 0 saturated heterocycles. The second-order valence-corrected chi connectivity index (χ2v) is 6.33. The summed E-state index contributed by atoms with van der Waals surface area (Å²) >= 11 is 5.86. The van der Waals surface area contributed by atoms with E-state index in [1.54, 1.807) is 30.5 Å². The smallest absolute Gasteiger partial charge is 0.255 e. The van der Waals surface area contributed by atoms with Gasteiger partial charge >= 0.3 is 0 Å². The highest BCUT2D eigenvalue weighted by atomic mass is 35.5. The van der Waals surface area contributed by atoms with Crippen molar-refractivity contribution in [2.24, 2.45) is 0 Å². The van der Waals surface area contributed by atoms with Crippen molar-refractivity contribution in [1.82, 2.24) is 9.55 Å². The molecule has 0 aliphatic carbocycles. The molecule has 0 spiro atoms. The molecule has 2 aromatic carbocycles. The number of nitrogens with one attached hydrogen (secondary N) is 1. The molecule has 0 saturated carbocycles. The maximum atomic E-state index is 12.4. The largest absolute Gasteiger partial charge is 0.330 e. The predicted molar refractivity (Wildman–Crippen MR) is 101 cm³/mol. The van der Waals surface area contributed by atoms with Gasteiger partial charge < -0.3 is 9.88 Å². The first-order valence-corrected chi connectivity index (χ1v) is 8.69. The number of carbonyl (C=O) groups is 1. The standard InChI is InChI=1S/C20H20ClN3O/c1-2-3-19(24-13-12-22-14-24)15-4-6-16(7-5-15)20(25)23-18-10-8-17(21)9-11-18/h4-14,19H,2-3H2,1H3,(H,23,25). The highest BCUT2D eigenvalue weighted by molar-refractivity contribution is 6.30. The Bertz CT molecular complexity index is 811. The minimum Gasteiger partial charge on any atom is -0.330 e. The van der Waals surface area contributed by atoms with Crippen LogP contribution in [0.15, 0.2) is 67.3 Å². The Morgan fingerprint density at radius 1 is 1.16 bits per heavy atom. The van der Waals surface area contributed by atoms with Gasteiger partial charge in [0, 0.05) is 28.7 Å². The first-order valence-electron chi connectivity index (χ1n) is 8.31. The van der Waals surface area contributed by atoms with Crippen LogP contribution in [0.3, 0.4) is 0 Å². The van der Waals surface area contributed by atoms with Crippen molar-refractivity contribution in [3.05, 3.63) is 83.4 Å². The van der Waals surface area contributed by atoms with Crippen LogP contribution in [0.25, 0.3) is 0 Å². The molecule has 4 nitrogen and oxygen atoms in total. The molecule has 0 bridgehead atoms. The van der Waals surface area contributed by atoms with Crippen LogP contribution in [0.5, 0.6) is 0 Å². The van der Waals surface area contributed by atoms with Gasteiger partial charge in [-0.1, -0.05) is 37.1 Å². The van der Waals surface area contributed by atoms with E-state index in [-0.39, 0.29) is 11.9 Å². The molecule has 1 amide bonds. The summed E-state index contributed by atoms with van der Waals surface area (Å²) in [6.07, 6.45) is 7.69. The Morgan fingerprint density at radius 2 is 1.88 bits per heavy atom. The van der Waals surface area contributed by atoms with Gasteiger partial charge in [0.15, 0.2) is 0 Å². The molecule has 128 valence electrons. The quantitative estimate of drug-likeness (QED) is 0.663. The van der Waals surface area contributed by atoms with E-state index in [9.17, 15) is 4.79 Å². The van der Waals surface area contributed by atoms with Gasteiger partial charge in [-0.25, -0.2) is 4.98 Å². The summed E-state index contributed by atoms with van der Waals surface area (Å²) in [6.45, 7) is 2.16. The average molecular weight is 354 g/mol. The Hall–Kier alpha value is -2.59. The molecular weight excluding hydrogens is 334 g/mol. The van der Waals surface area contributed by atoms with Crippen LogP contribution in [0.1, 0.15) is 41.7 Å². The highest BCUT2D eigenvalue weighted by Gasteiger charge is 2.13. The highest BCUT2D eigenvalue weighted by Crippen LogP contribution is 2.24. The van der Waals surface area contributed by atoms with E-state index in [0.29, 0.717) is 10.6 Å². The van der Waals surface area contributed by atoms with E-state index in [2.05, 4.69) is 21.8 Å². The molecule has 0 aliphatic rings. The molecule has 25 heavy (non-hydrogen) atoms. The van der Waals surface area contributed by atoms with Crippen molar-refractivity contribution in [3.8, 4) is 0 Å². The summed E-state index contributed by atoms with van der Waals surface area (Å²) in [6, 6.07) is 15.0. The number of hydrogen-bond donors (Lipinski definition) is 1. The van der Waals surface area contributed by atoms with Crippen LogP contribution >= 0.6 is 11.6 Å². The molecule has 1 atom stereocenters.